The highest BCUT2D eigenvalue weighted by atomic mass is 79.9. The summed E-state index contributed by atoms with van der Waals surface area (Å²) in [6, 6.07) is 5.77. The van der Waals surface area contributed by atoms with Crippen molar-refractivity contribution in [2.24, 2.45) is 0 Å². The molecular formula is C12H8Br2FN3O. The lowest BCUT2D eigenvalue weighted by Gasteiger charge is -2.06. The van der Waals surface area contributed by atoms with Gasteiger partial charge in [-0.1, -0.05) is 12.1 Å². The fraction of sp³-hybridized carbons (Fsp3) is 0.0833. The molecule has 19 heavy (non-hydrogen) atoms. The van der Waals surface area contributed by atoms with Crippen LogP contribution in [0.4, 0.5) is 10.2 Å². The van der Waals surface area contributed by atoms with Gasteiger partial charge in [-0.15, -0.1) is 0 Å². The lowest BCUT2D eigenvalue weighted by Crippen LogP contribution is -2.16. The molecule has 98 valence electrons. The summed E-state index contributed by atoms with van der Waals surface area (Å²) >= 11 is 6.37. The Hall–Kier alpha value is -1.34. The van der Waals surface area contributed by atoms with E-state index in [1.807, 2.05) is 0 Å². The van der Waals surface area contributed by atoms with Crippen LogP contribution in [0.25, 0.3) is 0 Å². The molecule has 0 fully saturated rings. The Bertz CT molecular complexity index is 604. The van der Waals surface area contributed by atoms with E-state index in [-0.39, 0.29) is 18.1 Å². The maximum absolute atomic E-state index is 12.7. The third-order valence-corrected chi connectivity index (χ3v) is 3.17. The fourth-order valence-electron chi connectivity index (χ4n) is 1.39. The summed E-state index contributed by atoms with van der Waals surface area (Å²) in [5.41, 5.74) is 0.722. The van der Waals surface area contributed by atoms with Crippen LogP contribution in [0.2, 0.25) is 0 Å². The highest BCUT2D eigenvalue weighted by Gasteiger charge is 2.09. The van der Waals surface area contributed by atoms with E-state index in [4.69, 9.17) is 0 Å². The molecule has 0 aliphatic heterocycles. The molecule has 0 atom stereocenters. The van der Waals surface area contributed by atoms with Gasteiger partial charge in [0.05, 0.1) is 12.6 Å². The molecule has 0 aliphatic carbocycles. The number of benzene rings is 1. The quantitative estimate of drug-likeness (QED) is 0.877. The number of carbonyl (C=O) groups is 1. The van der Waals surface area contributed by atoms with Crippen molar-refractivity contribution in [2.75, 3.05) is 5.32 Å². The first kappa shape index (κ1) is 14.1. The van der Waals surface area contributed by atoms with Gasteiger partial charge in [0, 0.05) is 0 Å². The second kappa shape index (κ2) is 6.21. The van der Waals surface area contributed by atoms with E-state index < -0.39 is 0 Å². The summed E-state index contributed by atoms with van der Waals surface area (Å²) in [6.07, 6.45) is 1.63. The number of carbonyl (C=O) groups excluding carboxylic acids is 1. The van der Waals surface area contributed by atoms with Crippen molar-refractivity contribution < 1.29 is 9.18 Å². The molecule has 1 heterocycles. The SMILES string of the molecule is O=C(Cc1ccc(F)cc1)Nc1ncc(Br)nc1Br. The van der Waals surface area contributed by atoms with Crippen molar-refractivity contribution in [1.82, 2.24) is 9.97 Å². The molecule has 2 aromatic rings. The molecule has 0 saturated carbocycles. The van der Waals surface area contributed by atoms with Gasteiger partial charge in [0.2, 0.25) is 5.91 Å². The first-order chi connectivity index (χ1) is 9.04. The molecule has 1 aromatic heterocycles. The third kappa shape index (κ3) is 4.07. The first-order valence-electron chi connectivity index (χ1n) is 5.27. The smallest absolute Gasteiger partial charge is 0.230 e. The van der Waals surface area contributed by atoms with Crippen molar-refractivity contribution >= 4 is 43.6 Å². The maximum atomic E-state index is 12.7. The average molecular weight is 389 g/mol. The second-order valence-electron chi connectivity index (χ2n) is 3.68. The van der Waals surface area contributed by atoms with Crippen molar-refractivity contribution in [2.45, 2.75) is 6.42 Å². The number of aromatic nitrogens is 2. The minimum Gasteiger partial charge on any atom is -0.308 e. The molecule has 0 spiro atoms. The largest absolute Gasteiger partial charge is 0.308 e. The third-order valence-electron chi connectivity index (χ3n) is 2.24. The van der Waals surface area contributed by atoms with Crippen LogP contribution < -0.4 is 5.32 Å². The summed E-state index contributed by atoms with van der Waals surface area (Å²) < 4.78 is 13.7. The lowest BCUT2D eigenvalue weighted by molar-refractivity contribution is -0.115. The summed E-state index contributed by atoms with van der Waals surface area (Å²) in [6.45, 7) is 0. The molecule has 1 amide bonds. The van der Waals surface area contributed by atoms with Gasteiger partial charge in [-0.2, -0.15) is 0 Å². The Morgan fingerprint density at radius 2 is 1.95 bits per heavy atom. The number of hydrogen-bond donors (Lipinski definition) is 1. The van der Waals surface area contributed by atoms with Crippen LogP contribution in [0, 0.1) is 5.82 Å². The number of rotatable bonds is 3. The number of nitrogens with zero attached hydrogens (tertiary/aromatic N) is 2. The normalized spacial score (nSPS) is 10.3. The summed E-state index contributed by atoms with van der Waals surface area (Å²) in [5.74, 6) is -0.232. The standard InChI is InChI=1S/C12H8Br2FN3O/c13-9-6-16-12(11(14)17-9)18-10(19)5-7-1-3-8(15)4-2-7/h1-4,6H,5H2,(H,16,18,19). The molecule has 2 rings (SSSR count). The van der Waals surface area contributed by atoms with Gasteiger partial charge >= 0.3 is 0 Å². The Kier molecular flexibility index (Phi) is 4.60. The van der Waals surface area contributed by atoms with Crippen LogP contribution in [0.15, 0.2) is 39.7 Å². The van der Waals surface area contributed by atoms with Crippen LogP contribution >= 0.6 is 31.9 Å². The summed E-state index contributed by atoms with van der Waals surface area (Å²) in [7, 11) is 0. The van der Waals surface area contributed by atoms with Gasteiger partial charge in [-0.3, -0.25) is 4.79 Å². The molecule has 4 nitrogen and oxygen atoms in total. The van der Waals surface area contributed by atoms with Crippen molar-refractivity contribution in [1.29, 1.82) is 0 Å². The van der Waals surface area contributed by atoms with E-state index in [0.717, 1.165) is 5.56 Å². The number of halogens is 3. The second-order valence-corrected chi connectivity index (χ2v) is 5.25. The molecule has 0 bridgehead atoms. The van der Waals surface area contributed by atoms with E-state index in [0.29, 0.717) is 15.0 Å². The Morgan fingerprint density at radius 1 is 1.26 bits per heavy atom. The Balaban J connectivity index is 2.03. The van der Waals surface area contributed by atoms with Gasteiger partial charge in [0.25, 0.3) is 0 Å². The average Bonchev–Trinajstić information content (AvgIpc) is 2.36. The zero-order chi connectivity index (χ0) is 13.8. The van der Waals surface area contributed by atoms with Crippen molar-refractivity contribution in [3.8, 4) is 0 Å². The van der Waals surface area contributed by atoms with Crippen LogP contribution in [0.1, 0.15) is 5.56 Å². The topological polar surface area (TPSA) is 54.9 Å². The molecule has 7 heteroatoms. The fourth-order valence-corrected chi connectivity index (χ4v) is 2.30. The highest BCUT2D eigenvalue weighted by molar-refractivity contribution is 9.11. The zero-order valence-electron chi connectivity index (χ0n) is 9.53. The van der Waals surface area contributed by atoms with E-state index in [9.17, 15) is 9.18 Å². The predicted molar refractivity (Wildman–Crippen MR) is 76.2 cm³/mol. The van der Waals surface area contributed by atoms with Crippen LogP contribution in [-0.4, -0.2) is 15.9 Å². The van der Waals surface area contributed by atoms with Crippen molar-refractivity contribution in [3.63, 3.8) is 0 Å². The molecule has 0 unspecified atom stereocenters. The monoisotopic (exact) mass is 387 g/mol. The first-order valence-corrected chi connectivity index (χ1v) is 6.85. The number of nitrogens with one attached hydrogen (secondary N) is 1. The van der Waals surface area contributed by atoms with Gasteiger partial charge in [-0.25, -0.2) is 14.4 Å². The maximum Gasteiger partial charge on any atom is 0.230 e. The summed E-state index contributed by atoms with van der Waals surface area (Å²) in [4.78, 5) is 19.9. The van der Waals surface area contributed by atoms with Crippen LogP contribution in [0.3, 0.4) is 0 Å². The van der Waals surface area contributed by atoms with Crippen LogP contribution in [-0.2, 0) is 11.2 Å². The lowest BCUT2D eigenvalue weighted by atomic mass is 10.1. The van der Waals surface area contributed by atoms with E-state index in [1.165, 1.54) is 18.3 Å². The minimum absolute atomic E-state index is 0.143. The van der Waals surface area contributed by atoms with E-state index in [2.05, 4.69) is 47.1 Å². The molecule has 1 aromatic carbocycles. The number of amides is 1. The van der Waals surface area contributed by atoms with Gasteiger partial charge < -0.3 is 5.32 Å². The van der Waals surface area contributed by atoms with Gasteiger partial charge in [-0.05, 0) is 49.6 Å². The van der Waals surface area contributed by atoms with E-state index in [1.54, 1.807) is 12.1 Å². The predicted octanol–water partition coefficient (Wildman–Crippen LogP) is 3.32. The van der Waals surface area contributed by atoms with Crippen molar-refractivity contribution in [3.05, 3.63) is 51.0 Å². The molecule has 1 N–H and O–H groups in total. The molecule has 0 saturated heterocycles. The Morgan fingerprint density at radius 3 is 2.58 bits per heavy atom. The van der Waals surface area contributed by atoms with Gasteiger partial charge in [0.15, 0.2) is 5.82 Å². The Labute approximate surface area is 125 Å². The number of hydrogen-bond acceptors (Lipinski definition) is 3. The molecule has 0 radical (unpaired) electrons. The van der Waals surface area contributed by atoms with Crippen LogP contribution in [0.5, 0.6) is 0 Å². The molecular weight excluding hydrogens is 381 g/mol. The highest BCUT2D eigenvalue weighted by Crippen LogP contribution is 2.19. The zero-order valence-corrected chi connectivity index (χ0v) is 12.7. The van der Waals surface area contributed by atoms with E-state index >= 15 is 0 Å². The number of anilines is 1. The van der Waals surface area contributed by atoms with Gasteiger partial charge in [0.1, 0.15) is 15.0 Å². The molecule has 0 aliphatic rings. The summed E-state index contributed by atoms with van der Waals surface area (Å²) in [5, 5.41) is 2.63. The minimum atomic E-state index is -0.328.